The van der Waals surface area contributed by atoms with E-state index in [0.717, 1.165) is 24.4 Å². The number of carbonyl (C=O) groups is 1. The molecule has 1 heterocycles. The van der Waals surface area contributed by atoms with Crippen LogP contribution in [0.2, 0.25) is 0 Å². The number of nitrogens with one attached hydrogen (secondary N) is 2. The Bertz CT molecular complexity index is 459. The van der Waals surface area contributed by atoms with Crippen LogP contribution in [0.1, 0.15) is 25.3 Å². The molecule has 0 fully saturated rings. The fourth-order valence-corrected chi connectivity index (χ4v) is 1.41. The third-order valence-electron chi connectivity index (χ3n) is 2.62. The van der Waals surface area contributed by atoms with E-state index in [4.69, 9.17) is 4.52 Å². The number of likely N-dealkylation sites (N-methyl/N-ethyl adjacent to an activating group) is 1. The Morgan fingerprint density at radius 1 is 1.38 bits per heavy atom. The van der Waals surface area contributed by atoms with E-state index in [1.165, 1.54) is 4.90 Å². The Kier molecular flexibility index (Phi) is 9.76. The normalized spacial score (nSPS) is 10.8. The van der Waals surface area contributed by atoms with Gasteiger partial charge in [0, 0.05) is 26.7 Å². The van der Waals surface area contributed by atoms with E-state index < -0.39 is 0 Å². The number of carbonyl (C=O) groups excluding carboxylic acids is 1. The molecule has 0 radical (unpaired) electrons. The SMILES string of the molecule is CCNC(=NCC(=O)N(C)C)NCc1cc(CC)no1.I. The molecule has 2 N–H and O–H groups in total. The first-order valence-electron chi connectivity index (χ1n) is 6.73. The number of hydrogen-bond acceptors (Lipinski definition) is 4. The zero-order valence-electron chi connectivity index (χ0n) is 13.0. The van der Waals surface area contributed by atoms with Gasteiger partial charge in [-0.05, 0) is 13.3 Å². The summed E-state index contributed by atoms with van der Waals surface area (Å²) in [5.74, 6) is 1.28. The van der Waals surface area contributed by atoms with Gasteiger partial charge in [0.15, 0.2) is 11.7 Å². The topological polar surface area (TPSA) is 82.8 Å². The zero-order valence-corrected chi connectivity index (χ0v) is 15.3. The monoisotopic (exact) mass is 409 g/mol. The highest BCUT2D eigenvalue weighted by molar-refractivity contribution is 14.0. The first-order valence-corrected chi connectivity index (χ1v) is 6.73. The van der Waals surface area contributed by atoms with E-state index in [0.29, 0.717) is 12.5 Å². The number of guanidine groups is 1. The van der Waals surface area contributed by atoms with Gasteiger partial charge in [0.25, 0.3) is 0 Å². The van der Waals surface area contributed by atoms with E-state index in [2.05, 4.69) is 20.8 Å². The summed E-state index contributed by atoms with van der Waals surface area (Å²) >= 11 is 0. The average molecular weight is 409 g/mol. The third kappa shape index (κ3) is 7.30. The van der Waals surface area contributed by atoms with Crippen molar-refractivity contribution < 1.29 is 9.32 Å². The Morgan fingerprint density at radius 2 is 2.10 bits per heavy atom. The van der Waals surface area contributed by atoms with Crippen molar-refractivity contribution in [2.24, 2.45) is 4.99 Å². The molecule has 120 valence electrons. The molecule has 7 nitrogen and oxygen atoms in total. The number of rotatable bonds is 6. The van der Waals surface area contributed by atoms with E-state index in [-0.39, 0.29) is 36.4 Å². The van der Waals surface area contributed by atoms with Crippen molar-refractivity contribution in [2.75, 3.05) is 27.2 Å². The molecule has 0 bridgehead atoms. The highest BCUT2D eigenvalue weighted by Gasteiger charge is 2.06. The fraction of sp³-hybridized carbons (Fsp3) is 0.615. The van der Waals surface area contributed by atoms with E-state index in [9.17, 15) is 4.79 Å². The van der Waals surface area contributed by atoms with Crippen LogP contribution in [0.25, 0.3) is 0 Å². The van der Waals surface area contributed by atoms with Crippen molar-refractivity contribution in [2.45, 2.75) is 26.8 Å². The Hall–Kier alpha value is -1.32. The van der Waals surface area contributed by atoms with Crippen molar-refractivity contribution in [3.8, 4) is 0 Å². The summed E-state index contributed by atoms with van der Waals surface area (Å²) in [7, 11) is 3.41. The van der Waals surface area contributed by atoms with Crippen molar-refractivity contribution in [3.05, 3.63) is 17.5 Å². The lowest BCUT2D eigenvalue weighted by molar-refractivity contribution is -0.127. The number of aryl methyl sites for hydroxylation is 1. The molecule has 8 heteroatoms. The lowest BCUT2D eigenvalue weighted by Gasteiger charge is -2.11. The van der Waals surface area contributed by atoms with Crippen LogP contribution in [0.4, 0.5) is 0 Å². The summed E-state index contributed by atoms with van der Waals surface area (Å²) in [5.41, 5.74) is 0.923. The van der Waals surface area contributed by atoms with E-state index in [1.54, 1.807) is 14.1 Å². The number of aromatic nitrogens is 1. The third-order valence-corrected chi connectivity index (χ3v) is 2.62. The summed E-state index contributed by atoms with van der Waals surface area (Å²) in [6.07, 6.45) is 0.842. The predicted octanol–water partition coefficient (Wildman–Crippen LogP) is 0.998. The Labute approximate surface area is 142 Å². The number of aliphatic imine (C=N–C) groups is 1. The molecule has 1 rings (SSSR count). The van der Waals surface area contributed by atoms with Gasteiger partial charge in [-0.15, -0.1) is 24.0 Å². The molecule has 0 atom stereocenters. The van der Waals surface area contributed by atoms with Gasteiger partial charge in [-0.2, -0.15) is 0 Å². The molecule has 0 unspecified atom stereocenters. The molecule has 1 aromatic heterocycles. The van der Waals surface area contributed by atoms with Crippen LogP contribution < -0.4 is 10.6 Å². The van der Waals surface area contributed by atoms with E-state index >= 15 is 0 Å². The van der Waals surface area contributed by atoms with Crippen LogP contribution >= 0.6 is 24.0 Å². The fourth-order valence-electron chi connectivity index (χ4n) is 1.41. The first-order chi connectivity index (χ1) is 9.56. The molecule has 0 aliphatic carbocycles. The molecule has 0 aromatic carbocycles. The molecule has 1 amide bonds. The lowest BCUT2D eigenvalue weighted by Crippen LogP contribution is -2.38. The lowest BCUT2D eigenvalue weighted by atomic mass is 10.3. The minimum absolute atomic E-state index is 0. The van der Waals surface area contributed by atoms with Gasteiger partial charge < -0.3 is 20.1 Å². The van der Waals surface area contributed by atoms with Crippen LogP contribution in [0.5, 0.6) is 0 Å². The largest absolute Gasteiger partial charge is 0.359 e. The van der Waals surface area contributed by atoms with Crippen LogP contribution in [0, 0.1) is 0 Å². The standard InChI is InChI=1S/C13H23N5O2.HI/c1-5-10-7-11(20-17-10)8-15-13(14-6-2)16-9-12(19)18(3)4;/h7H,5-6,8-9H2,1-4H3,(H2,14,15,16);1H. The molecule has 21 heavy (non-hydrogen) atoms. The van der Waals surface area contributed by atoms with Crippen molar-refractivity contribution in [3.63, 3.8) is 0 Å². The summed E-state index contributed by atoms with van der Waals surface area (Å²) in [6, 6.07) is 1.90. The highest BCUT2D eigenvalue weighted by Crippen LogP contribution is 2.03. The van der Waals surface area contributed by atoms with Gasteiger partial charge in [-0.25, -0.2) is 4.99 Å². The van der Waals surface area contributed by atoms with Crippen molar-refractivity contribution >= 4 is 35.8 Å². The minimum Gasteiger partial charge on any atom is -0.359 e. The number of amides is 1. The van der Waals surface area contributed by atoms with Crippen LogP contribution in [-0.4, -0.2) is 49.1 Å². The molecular weight excluding hydrogens is 385 g/mol. The quantitative estimate of drug-likeness (QED) is 0.416. The number of hydrogen-bond donors (Lipinski definition) is 2. The molecule has 0 aliphatic heterocycles. The van der Waals surface area contributed by atoms with Gasteiger partial charge >= 0.3 is 0 Å². The number of nitrogens with zero attached hydrogens (tertiary/aromatic N) is 3. The zero-order chi connectivity index (χ0) is 15.0. The summed E-state index contributed by atoms with van der Waals surface area (Å²) in [6.45, 7) is 5.30. The summed E-state index contributed by atoms with van der Waals surface area (Å²) in [5, 5.41) is 10.1. The number of halogens is 1. The second-order valence-corrected chi connectivity index (χ2v) is 4.47. The molecular formula is C13H24IN5O2. The maximum absolute atomic E-state index is 11.5. The minimum atomic E-state index is -0.0462. The van der Waals surface area contributed by atoms with Crippen LogP contribution in [0.3, 0.4) is 0 Å². The highest BCUT2D eigenvalue weighted by atomic mass is 127. The molecule has 1 aromatic rings. The molecule has 0 saturated heterocycles. The first kappa shape index (κ1) is 19.7. The maximum Gasteiger partial charge on any atom is 0.243 e. The predicted molar refractivity (Wildman–Crippen MR) is 92.8 cm³/mol. The van der Waals surface area contributed by atoms with Crippen molar-refractivity contribution in [1.82, 2.24) is 20.7 Å². The van der Waals surface area contributed by atoms with Gasteiger partial charge in [-0.3, -0.25) is 4.79 Å². The second kappa shape index (κ2) is 10.4. The Morgan fingerprint density at radius 3 is 2.62 bits per heavy atom. The maximum atomic E-state index is 11.5. The van der Waals surface area contributed by atoms with Gasteiger partial charge in [0.1, 0.15) is 6.54 Å². The molecule has 0 aliphatic rings. The van der Waals surface area contributed by atoms with Gasteiger partial charge in [0.2, 0.25) is 5.91 Å². The van der Waals surface area contributed by atoms with Crippen molar-refractivity contribution in [1.29, 1.82) is 0 Å². The average Bonchev–Trinajstić information content (AvgIpc) is 2.89. The van der Waals surface area contributed by atoms with Crippen LogP contribution in [-0.2, 0) is 17.8 Å². The van der Waals surface area contributed by atoms with Gasteiger partial charge in [0.05, 0.1) is 12.2 Å². The van der Waals surface area contributed by atoms with Crippen LogP contribution in [0.15, 0.2) is 15.6 Å². The smallest absolute Gasteiger partial charge is 0.243 e. The summed E-state index contributed by atoms with van der Waals surface area (Å²) < 4.78 is 5.18. The van der Waals surface area contributed by atoms with E-state index in [1.807, 2.05) is 19.9 Å². The Balaban J connectivity index is 0.00000400. The molecule has 0 spiro atoms. The molecule has 0 saturated carbocycles. The summed E-state index contributed by atoms with van der Waals surface area (Å²) in [4.78, 5) is 17.2. The second-order valence-electron chi connectivity index (χ2n) is 4.47. The van der Waals surface area contributed by atoms with Gasteiger partial charge in [-0.1, -0.05) is 12.1 Å².